The maximum absolute atomic E-state index is 12.2. The third kappa shape index (κ3) is 3.81. The monoisotopic (exact) mass is 321 g/mol. The highest BCUT2D eigenvalue weighted by Crippen LogP contribution is 2.25. The molecule has 0 spiro atoms. The first kappa shape index (κ1) is 15.9. The highest BCUT2D eigenvalue weighted by atomic mass is 35.5. The second-order valence-electron chi connectivity index (χ2n) is 4.48. The molecule has 114 valence electrons. The zero-order valence-corrected chi connectivity index (χ0v) is 12.0. The van der Waals surface area contributed by atoms with E-state index in [0.29, 0.717) is 5.02 Å². The number of benzene rings is 2. The summed E-state index contributed by atoms with van der Waals surface area (Å²) in [6, 6.07) is 13.9. The molecule has 0 amide bonds. The van der Waals surface area contributed by atoms with Gasteiger partial charge < -0.3 is 9.94 Å². The van der Waals surface area contributed by atoms with Crippen LogP contribution in [0.2, 0.25) is 5.02 Å². The molecule has 0 saturated heterocycles. The number of rotatable bonds is 6. The van der Waals surface area contributed by atoms with Crippen LogP contribution in [0.25, 0.3) is 0 Å². The highest BCUT2D eigenvalue weighted by Gasteiger charge is 2.31. The molecule has 0 aliphatic carbocycles. The van der Waals surface area contributed by atoms with Gasteiger partial charge in [-0.25, -0.2) is 0 Å². The van der Waals surface area contributed by atoms with Crippen LogP contribution in [0, 0.1) is 10.1 Å². The van der Waals surface area contributed by atoms with Crippen molar-refractivity contribution in [3.8, 4) is 0 Å². The number of hydrogen-bond donors (Lipinski definition) is 1. The van der Waals surface area contributed by atoms with Crippen molar-refractivity contribution >= 4 is 17.4 Å². The minimum atomic E-state index is -1.71. The van der Waals surface area contributed by atoms with Crippen LogP contribution in [0.1, 0.15) is 22.0 Å². The first-order valence-electron chi connectivity index (χ1n) is 6.33. The molecule has 0 saturated carbocycles. The molecular formula is C15H12ClNO5. The Morgan fingerprint density at radius 1 is 1.14 bits per heavy atom. The molecule has 2 aromatic carbocycles. The van der Waals surface area contributed by atoms with Crippen molar-refractivity contribution < 1.29 is 19.8 Å². The smallest absolute Gasteiger partial charge is 0.295 e. The molecule has 0 fully saturated rings. The summed E-state index contributed by atoms with van der Waals surface area (Å²) < 4.78 is 0. The van der Waals surface area contributed by atoms with E-state index in [2.05, 4.69) is 4.84 Å². The minimum absolute atomic E-state index is 0.237. The second kappa shape index (κ2) is 7.02. The van der Waals surface area contributed by atoms with Crippen molar-refractivity contribution in [1.29, 1.82) is 0 Å². The van der Waals surface area contributed by atoms with Gasteiger partial charge >= 0.3 is 0 Å². The van der Waals surface area contributed by atoms with Crippen molar-refractivity contribution in [3.05, 3.63) is 80.9 Å². The quantitative estimate of drug-likeness (QED) is 0.502. The number of carbonyl (C=O) groups excluding carboxylic acids is 1. The lowest BCUT2D eigenvalue weighted by molar-refractivity contribution is -0.772. The fraction of sp³-hybridized carbons (Fsp3) is 0.133. The number of aliphatic hydroxyl groups is 1. The molecule has 2 rings (SSSR count). The molecule has 1 N–H and O–H groups in total. The van der Waals surface area contributed by atoms with E-state index in [-0.39, 0.29) is 11.1 Å². The standard InChI is InChI=1S/C15H12ClNO5/c16-12-8-6-11(7-9-12)15(22-17(20)21)14(19)13(18)10-4-2-1-3-5-10/h1-9,14-15,19H/t14-,15-/m1/s1. The molecular weight excluding hydrogens is 310 g/mol. The first-order valence-corrected chi connectivity index (χ1v) is 6.71. The Kier molecular flexibility index (Phi) is 5.08. The molecule has 0 aliphatic heterocycles. The van der Waals surface area contributed by atoms with Gasteiger partial charge in [0.1, 0.15) is 6.10 Å². The molecule has 0 unspecified atom stereocenters. The highest BCUT2D eigenvalue weighted by molar-refractivity contribution is 6.30. The van der Waals surface area contributed by atoms with Gasteiger partial charge in [-0.1, -0.05) is 54.1 Å². The molecule has 22 heavy (non-hydrogen) atoms. The van der Waals surface area contributed by atoms with E-state index >= 15 is 0 Å². The van der Waals surface area contributed by atoms with E-state index in [9.17, 15) is 20.0 Å². The lowest BCUT2D eigenvalue weighted by Gasteiger charge is -2.20. The average molecular weight is 322 g/mol. The predicted octanol–water partition coefficient (Wildman–Crippen LogP) is 2.83. The van der Waals surface area contributed by atoms with Gasteiger partial charge in [0, 0.05) is 10.6 Å². The SMILES string of the molecule is O=C(c1ccccc1)[C@@H](O)[C@H](O[N+](=O)[O-])c1ccc(Cl)cc1. The summed E-state index contributed by atoms with van der Waals surface area (Å²) in [4.78, 5) is 27.4. The summed E-state index contributed by atoms with van der Waals surface area (Å²) in [5.74, 6) is -0.664. The Labute approximate surface area is 131 Å². The van der Waals surface area contributed by atoms with Gasteiger partial charge in [-0.15, -0.1) is 10.1 Å². The Morgan fingerprint density at radius 3 is 2.27 bits per heavy atom. The Hall–Kier alpha value is -2.44. The third-order valence-corrected chi connectivity index (χ3v) is 3.26. The van der Waals surface area contributed by atoms with Crippen molar-refractivity contribution in [2.45, 2.75) is 12.2 Å². The fourth-order valence-electron chi connectivity index (χ4n) is 1.96. The van der Waals surface area contributed by atoms with Crippen LogP contribution in [-0.4, -0.2) is 22.1 Å². The van der Waals surface area contributed by atoms with Crippen LogP contribution in [0.5, 0.6) is 0 Å². The minimum Gasteiger partial charge on any atom is -0.382 e. The summed E-state index contributed by atoms with van der Waals surface area (Å²) in [5.41, 5.74) is 0.513. The summed E-state index contributed by atoms with van der Waals surface area (Å²) in [6.07, 6.45) is -3.14. The predicted molar refractivity (Wildman–Crippen MR) is 79.1 cm³/mol. The first-order chi connectivity index (χ1) is 10.5. The van der Waals surface area contributed by atoms with Gasteiger partial charge in [0.25, 0.3) is 5.09 Å². The van der Waals surface area contributed by atoms with Gasteiger partial charge in [-0.2, -0.15) is 0 Å². The van der Waals surface area contributed by atoms with Crippen LogP contribution in [-0.2, 0) is 4.84 Å². The van der Waals surface area contributed by atoms with Crippen LogP contribution >= 0.6 is 11.6 Å². The largest absolute Gasteiger partial charge is 0.382 e. The Balaban J connectivity index is 2.30. The van der Waals surface area contributed by atoms with Crippen molar-refractivity contribution in [2.75, 3.05) is 0 Å². The number of aliphatic hydroxyl groups excluding tert-OH is 1. The van der Waals surface area contributed by atoms with E-state index in [1.807, 2.05) is 0 Å². The molecule has 7 heteroatoms. The number of carbonyl (C=O) groups is 1. The molecule has 2 atom stereocenters. The normalized spacial score (nSPS) is 13.2. The number of nitrogens with zero attached hydrogens (tertiary/aromatic N) is 1. The lowest BCUT2D eigenvalue weighted by atomic mass is 9.97. The van der Waals surface area contributed by atoms with Crippen LogP contribution in [0.3, 0.4) is 0 Å². The topological polar surface area (TPSA) is 89.7 Å². The van der Waals surface area contributed by atoms with E-state index in [0.717, 1.165) is 0 Å². The van der Waals surface area contributed by atoms with Crippen LogP contribution < -0.4 is 0 Å². The number of Topliss-reactive ketones (excluding diaryl/α,β-unsaturated/α-hetero) is 1. The summed E-state index contributed by atoms with van der Waals surface area (Å²) in [5, 5.41) is 20.2. The van der Waals surface area contributed by atoms with E-state index in [4.69, 9.17) is 11.6 Å². The summed E-state index contributed by atoms with van der Waals surface area (Å²) in [7, 11) is 0. The van der Waals surface area contributed by atoms with Gasteiger partial charge in [0.05, 0.1) is 0 Å². The third-order valence-electron chi connectivity index (χ3n) is 3.01. The molecule has 0 bridgehead atoms. The second-order valence-corrected chi connectivity index (χ2v) is 4.91. The number of halogens is 1. The molecule has 0 radical (unpaired) electrons. The van der Waals surface area contributed by atoms with Crippen molar-refractivity contribution in [3.63, 3.8) is 0 Å². The molecule has 2 aromatic rings. The molecule has 6 nitrogen and oxygen atoms in total. The van der Waals surface area contributed by atoms with E-state index in [1.54, 1.807) is 18.2 Å². The van der Waals surface area contributed by atoms with Gasteiger partial charge in [-0.3, -0.25) is 4.79 Å². The lowest BCUT2D eigenvalue weighted by Crippen LogP contribution is -2.31. The van der Waals surface area contributed by atoms with E-state index in [1.165, 1.54) is 36.4 Å². The fourth-order valence-corrected chi connectivity index (χ4v) is 2.08. The molecule has 0 aliphatic rings. The molecule has 0 aromatic heterocycles. The van der Waals surface area contributed by atoms with Gasteiger partial charge in [0.2, 0.25) is 0 Å². The maximum Gasteiger partial charge on any atom is 0.295 e. The van der Waals surface area contributed by atoms with Gasteiger partial charge in [-0.05, 0) is 17.7 Å². The maximum atomic E-state index is 12.2. The number of hydrogen-bond acceptors (Lipinski definition) is 5. The van der Waals surface area contributed by atoms with Crippen molar-refractivity contribution in [2.24, 2.45) is 0 Å². The van der Waals surface area contributed by atoms with Crippen LogP contribution in [0.4, 0.5) is 0 Å². The average Bonchev–Trinajstić information content (AvgIpc) is 2.53. The zero-order chi connectivity index (χ0) is 16.1. The van der Waals surface area contributed by atoms with Crippen LogP contribution in [0.15, 0.2) is 54.6 Å². The van der Waals surface area contributed by atoms with Gasteiger partial charge in [0.15, 0.2) is 11.9 Å². The summed E-state index contributed by atoms with van der Waals surface area (Å²) in [6.45, 7) is 0. The zero-order valence-electron chi connectivity index (χ0n) is 11.3. The van der Waals surface area contributed by atoms with Crippen molar-refractivity contribution in [1.82, 2.24) is 0 Å². The molecule has 0 heterocycles. The van der Waals surface area contributed by atoms with E-state index < -0.39 is 23.1 Å². The Morgan fingerprint density at radius 2 is 1.73 bits per heavy atom. The Bertz CT molecular complexity index is 659. The summed E-state index contributed by atoms with van der Waals surface area (Å²) >= 11 is 5.76. The number of ketones is 1.